The van der Waals surface area contributed by atoms with Crippen molar-refractivity contribution in [3.05, 3.63) is 59.4 Å². The van der Waals surface area contributed by atoms with Crippen LogP contribution < -0.4 is 4.74 Å². The van der Waals surface area contributed by atoms with Crippen LogP contribution in [0.3, 0.4) is 0 Å². The van der Waals surface area contributed by atoms with Gasteiger partial charge in [-0.15, -0.1) is 0 Å². The molecule has 0 fully saturated rings. The van der Waals surface area contributed by atoms with E-state index in [0.717, 1.165) is 12.3 Å². The van der Waals surface area contributed by atoms with Crippen LogP contribution in [0.2, 0.25) is 0 Å². The minimum absolute atomic E-state index is 0.0409. The SMILES string of the molecule is [2H]C([2H])(Oc1cc(F)cc(O)c1C=O)c1cccnc1-c1c(F)cnn1C(C)C. The molecule has 3 aromatic rings. The zero-order chi connectivity index (χ0) is 21.3. The van der Waals surface area contributed by atoms with Crippen LogP contribution in [0.4, 0.5) is 8.78 Å². The van der Waals surface area contributed by atoms with Gasteiger partial charge in [-0.2, -0.15) is 5.10 Å². The summed E-state index contributed by atoms with van der Waals surface area (Å²) in [6, 6.07) is 4.00. The molecule has 1 N–H and O–H groups in total. The first-order valence-corrected chi connectivity index (χ1v) is 8.01. The van der Waals surface area contributed by atoms with E-state index >= 15 is 0 Å². The second-order valence-corrected chi connectivity index (χ2v) is 5.94. The van der Waals surface area contributed by atoms with Crippen molar-refractivity contribution in [1.29, 1.82) is 0 Å². The van der Waals surface area contributed by atoms with Gasteiger partial charge in [0.05, 0.1) is 20.2 Å². The number of aromatic nitrogens is 3. The largest absolute Gasteiger partial charge is 0.507 e. The number of halogens is 2. The molecule has 0 saturated carbocycles. The molecule has 0 aliphatic heterocycles. The van der Waals surface area contributed by atoms with Crippen LogP contribution in [0.5, 0.6) is 11.5 Å². The lowest BCUT2D eigenvalue weighted by molar-refractivity contribution is 0.111. The number of aldehydes is 1. The number of phenols is 1. The Kier molecular flexibility index (Phi) is 4.44. The van der Waals surface area contributed by atoms with E-state index < -0.39 is 35.3 Å². The second kappa shape index (κ2) is 7.53. The lowest BCUT2D eigenvalue weighted by Crippen LogP contribution is -2.09. The Morgan fingerprint density at radius 2 is 2.19 bits per heavy atom. The van der Waals surface area contributed by atoms with Crippen molar-refractivity contribution in [1.82, 2.24) is 14.8 Å². The van der Waals surface area contributed by atoms with E-state index in [9.17, 15) is 18.7 Å². The van der Waals surface area contributed by atoms with Gasteiger partial charge in [0, 0.05) is 29.9 Å². The predicted molar refractivity (Wildman–Crippen MR) is 93.6 cm³/mol. The molecule has 3 rings (SSSR count). The highest BCUT2D eigenvalue weighted by Gasteiger charge is 2.20. The molecule has 0 saturated heterocycles. The van der Waals surface area contributed by atoms with Gasteiger partial charge < -0.3 is 9.84 Å². The molecule has 0 aliphatic rings. The molecule has 0 aliphatic carbocycles. The molecule has 6 nitrogen and oxygen atoms in total. The van der Waals surface area contributed by atoms with E-state index in [-0.39, 0.29) is 29.3 Å². The molecule has 140 valence electrons. The van der Waals surface area contributed by atoms with Crippen LogP contribution >= 0.6 is 0 Å². The minimum Gasteiger partial charge on any atom is -0.507 e. The molecule has 0 unspecified atom stereocenters. The summed E-state index contributed by atoms with van der Waals surface area (Å²) in [5.74, 6) is -2.82. The molecule has 0 atom stereocenters. The highest BCUT2D eigenvalue weighted by Crippen LogP contribution is 2.30. The summed E-state index contributed by atoms with van der Waals surface area (Å²) >= 11 is 0. The van der Waals surface area contributed by atoms with Gasteiger partial charge in [0.15, 0.2) is 12.1 Å². The van der Waals surface area contributed by atoms with Crippen LogP contribution in [0.15, 0.2) is 36.7 Å². The van der Waals surface area contributed by atoms with E-state index in [0.29, 0.717) is 6.07 Å². The Bertz CT molecular complexity index is 1070. The molecule has 27 heavy (non-hydrogen) atoms. The Morgan fingerprint density at radius 1 is 1.41 bits per heavy atom. The first-order chi connectivity index (χ1) is 13.7. The predicted octanol–water partition coefficient (Wildman–Crippen LogP) is 3.90. The third-order valence-corrected chi connectivity index (χ3v) is 3.75. The van der Waals surface area contributed by atoms with Crippen LogP contribution in [0, 0.1) is 11.6 Å². The zero-order valence-corrected chi connectivity index (χ0v) is 14.5. The maximum atomic E-state index is 14.5. The fourth-order valence-electron chi connectivity index (χ4n) is 2.52. The van der Waals surface area contributed by atoms with E-state index in [1.807, 2.05) is 0 Å². The molecule has 1 aromatic carbocycles. The topological polar surface area (TPSA) is 77.2 Å². The average Bonchev–Trinajstić information content (AvgIpc) is 3.03. The normalized spacial score (nSPS) is 12.6. The van der Waals surface area contributed by atoms with E-state index in [1.165, 1.54) is 23.0 Å². The van der Waals surface area contributed by atoms with Gasteiger partial charge in [0.25, 0.3) is 0 Å². The number of ether oxygens (including phenoxy) is 1. The van der Waals surface area contributed by atoms with Gasteiger partial charge >= 0.3 is 0 Å². The molecular formula is C19H17F2N3O3. The Balaban J connectivity index is 2.14. The first kappa shape index (κ1) is 15.9. The molecule has 0 spiro atoms. The van der Waals surface area contributed by atoms with Crippen LogP contribution in [0.1, 0.15) is 38.6 Å². The van der Waals surface area contributed by atoms with Crippen molar-refractivity contribution >= 4 is 6.29 Å². The summed E-state index contributed by atoms with van der Waals surface area (Å²) in [7, 11) is 0. The number of phenolic OH excluding ortho intramolecular Hbond substituents is 1. The molecule has 0 amide bonds. The molecule has 2 aromatic heterocycles. The van der Waals surface area contributed by atoms with Gasteiger partial charge in [-0.25, -0.2) is 8.78 Å². The number of carbonyl (C=O) groups excluding carboxylic acids is 1. The van der Waals surface area contributed by atoms with Crippen molar-refractivity contribution in [2.75, 3.05) is 0 Å². The summed E-state index contributed by atoms with van der Waals surface area (Å²) in [5, 5.41) is 13.7. The van der Waals surface area contributed by atoms with Gasteiger partial charge in [-0.3, -0.25) is 14.5 Å². The monoisotopic (exact) mass is 375 g/mol. The third-order valence-electron chi connectivity index (χ3n) is 3.75. The standard InChI is InChI=1S/C19H17F2N3O3/c1-11(2)24-19(15(21)8-23-24)18-12(4-3-5-22-18)10-27-17-7-13(20)6-16(26)14(17)9-25/h3-9,11,26H,10H2,1-2H3/i10D2. The quantitative estimate of drug-likeness (QED) is 0.661. The fourth-order valence-corrected chi connectivity index (χ4v) is 2.52. The van der Waals surface area contributed by atoms with Crippen LogP contribution in [-0.4, -0.2) is 26.2 Å². The van der Waals surface area contributed by atoms with Crippen molar-refractivity contribution in [2.24, 2.45) is 0 Å². The summed E-state index contributed by atoms with van der Waals surface area (Å²) < 4.78 is 51.4. The average molecular weight is 375 g/mol. The molecular weight excluding hydrogens is 356 g/mol. The summed E-state index contributed by atoms with van der Waals surface area (Å²) in [5.41, 5.74) is -0.684. The van der Waals surface area contributed by atoms with Crippen molar-refractivity contribution < 1.29 is 26.2 Å². The number of benzene rings is 1. The van der Waals surface area contributed by atoms with E-state index in [1.54, 1.807) is 13.8 Å². The molecule has 8 heteroatoms. The molecule has 0 bridgehead atoms. The van der Waals surface area contributed by atoms with Gasteiger partial charge in [-0.1, -0.05) is 6.07 Å². The maximum absolute atomic E-state index is 14.5. The number of carbonyl (C=O) groups is 1. The van der Waals surface area contributed by atoms with E-state index in [2.05, 4.69) is 10.1 Å². The Hall–Kier alpha value is -3.29. The minimum atomic E-state index is -2.65. The fraction of sp³-hybridized carbons (Fsp3) is 0.211. The van der Waals surface area contributed by atoms with Gasteiger partial charge in [0.1, 0.15) is 29.6 Å². The number of hydrogen-bond donors (Lipinski definition) is 1. The first-order valence-electron chi connectivity index (χ1n) is 9.01. The zero-order valence-electron chi connectivity index (χ0n) is 16.5. The molecule has 0 radical (unpaired) electrons. The van der Waals surface area contributed by atoms with E-state index in [4.69, 9.17) is 7.48 Å². The lowest BCUT2D eigenvalue weighted by atomic mass is 10.1. The maximum Gasteiger partial charge on any atom is 0.170 e. The molecule has 2 heterocycles. The third kappa shape index (κ3) is 3.64. The van der Waals surface area contributed by atoms with Crippen molar-refractivity contribution in [2.45, 2.75) is 26.4 Å². The lowest BCUT2D eigenvalue weighted by Gasteiger charge is -2.15. The summed E-state index contributed by atoms with van der Waals surface area (Å²) in [6.07, 6.45) is 2.58. The highest BCUT2D eigenvalue weighted by atomic mass is 19.1. The number of rotatable bonds is 6. The van der Waals surface area contributed by atoms with Crippen molar-refractivity contribution in [3.63, 3.8) is 0 Å². The smallest absolute Gasteiger partial charge is 0.170 e. The second-order valence-electron chi connectivity index (χ2n) is 5.94. The summed E-state index contributed by atoms with van der Waals surface area (Å²) in [4.78, 5) is 15.3. The van der Waals surface area contributed by atoms with Gasteiger partial charge in [0.2, 0.25) is 0 Å². The van der Waals surface area contributed by atoms with Crippen molar-refractivity contribution in [3.8, 4) is 22.9 Å². The van der Waals surface area contributed by atoms with Gasteiger partial charge in [-0.05, 0) is 19.9 Å². The number of pyridine rings is 1. The van der Waals surface area contributed by atoms with Crippen LogP contribution in [-0.2, 0) is 6.56 Å². The number of nitrogens with zero attached hydrogens (tertiary/aromatic N) is 3. The Morgan fingerprint density at radius 3 is 2.89 bits per heavy atom. The highest BCUT2D eigenvalue weighted by molar-refractivity contribution is 5.83. The van der Waals surface area contributed by atoms with Crippen LogP contribution in [0.25, 0.3) is 11.4 Å². The summed E-state index contributed by atoms with van der Waals surface area (Å²) in [6.45, 7) is 0.894. The Labute approximate surface area is 156 Å². The number of aromatic hydroxyl groups is 1. The number of hydrogen-bond acceptors (Lipinski definition) is 5.